The molecule has 0 radical (unpaired) electrons. The largest absolute Gasteiger partial charge is 0.511 e. The van der Waals surface area contributed by atoms with Gasteiger partial charge in [0.25, 0.3) is 0 Å². The van der Waals surface area contributed by atoms with Gasteiger partial charge in [0, 0.05) is 0 Å². The number of carbonyl (C=O) groups is 2. The molecule has 0 aliphatic rings. The Morgan fingerprint density at radius 2 is 1.00 bits per heavy atom. The molecule has 0 aromatic heterocycles. The van der Waals surface area contributed by atoms with Crippen LogP contribution in [0.3, 0.4) is 0 Å². The van der Waals surface area contributed by atoms with Crippen molar-refractivity contribution in [3.63, 3.8) is 0 Å². The van der Waals surface area contributed by atoms with Crippen molar-refractivity contribution in [1.29, 1.82) is 0 Å². The number of para-hydroxylation sites is 4. The molecule has 8 nitrogen and oxygen atoms in total. The second-order valence-corrected chi connectivity index (χ2v) is 4.50. The van der Waals surface area contributed by atoms with Crippen LogP contribution < -0.4 is 19.2 Å². The summed E-state index contributed by atoms with van der Waals surface area (Å²) < 4.78 is 9.03. The fourth-order valence-electron chi connectivity index (χ4n) is 1.48. The lowest BCUT2D eigenvalue weighted by Gasteiger charge is -2.10. The Kier molecular flexibility index (Phi) is 8.14. The van der Waals surface area contributed by atoms with E-state index in [1.807, 2.05) is 0 Å². The van der Waals surface area contributed by atoms with Crippen LogP contribution in [0.15, 0.2) is 48.5 Å². The standard InChI is InChI=1S/C14H10O8.C3H8/c15-13(16)19-9-5-1-3-7-11(9)21-22-12-8-4-2-6-10(12)20-14(17)18;1-3-2/h1-8H,(H,15,16)(H,17,18);3H2,1-2H3. The second kappa shape index (κ2) is 10.4. The Morgan fingerprint density at radius 3 is 1.28 bits per heavy atom. The van der Waals surface area contributed by atoms with Gasteiger partial charge in [-0.1, -0.05) is 44.5 Å². The quantitative estimate of drug-likeness (QED) is 0.348. The molecule has 0 spiro atoms. The van der Waals surface area contributed by atoms with E-state index in [1.165, 1.54) is 30.7 Å². The molecule has 2 rings (SSSR count). The first kappa shape index (κ1) is 19.6. The van der Waals surface area contributed by atoms with E-state index in [9.17, 15) is 9.59 Å². The number of ether oxygens (including phenoxy) is 2. The molecule has 0 fully saturated rings. The van der Waals surface area contributed by atoms with Gasteiger partial charge >= 0.3 is 12.3 Å². The normalized spacial score (nSPS) is 9.20. The molecule has 2 N–H and O–H groups in total. The van der Waals surface area contributed by atoms with Crippen LogP contribution in [0.2, 0.25) is 0 Å². The van der Waals surface area contributed by atoms with Gasteiger partial charge in [0.1, 0.15) is 0 Å². The summed E-state index contributed by atoms with van der Waals surface area (Å²) in [6.45, 7) is 4.25. The Morgan fingerprint density at radius 1 is 0.720 bits per heavy atom. The Hall–Kier alpha value is -3.42. The molecule has 0 aliphatic carbocycles. The van der Waals surface area contributed by atoms with Gasteiger partial charge in [-0.2, -0.15) is 0 Å². The zero-order valence-electron chi connectivity index (χ0n) is 13.7. The number of carboxylic acid groups (broad SMARTS) is 2. The number of benzene rings is 2. The van der Waals surface area contributed by atoms with Gasteiger partial charge in [-0.05, 0) is 24.3 Å². The lowest BCUT2D eigenvalue weighted by molar-refractivity contribution is -0.103. The van der Waals surface area contributed by atoms with Crippen molar-refractivity contribution in [2.75, 3.05) is 0 Å². The molecular formula is C17H18O8. The highest BCUT2D eigenvalue weighted by molar-refractivity contribution is 5.63. The highest BCUT2D eigenvalue weighted by Gasteiger charge is 2.13. The molecule has 134 valence electrons. The van der Waals surface area contributed by atoms with Crippen molar-refractivity contribution >= 4 is 12.3 Å². The number of hydrogen-bond donors (Lipinski definition) is 2. The van der Waals surface area contributed by atoms with E-state index in [2.05, 4.69) is 23.3 Å². The Labute approximate surface area is 144 Å². The average Bonchev–Trinajstić information content (AvgIpc) is 2.55. The van der Waals surface area contributed by atoms with Crippen molar-refractivity contribution in [2.24, 2.45) is 0 Å². The van der Waals surface area contributed by atoms with Crippen LogP contribution in [0.5, 0.6) is 23.0 Å². The van der Waals surface area contributed by atoms with E-state index >= 15 is 0 Å². The van der Waals surface area contributed by atoms with Gasteiger partial charge in [-0.15, -0.1) is 0 Å². The van der Waals surface area contributed by atoms with Gasteiger partial charge in [-0.25, -0.2) is 9.59 Å². The number of hydrogen-bond acceptors (Lipinski definition) is 6. The predicted molar refractivity (Wildman–Crippen MR) is 87.4 cm³/mol. The summed E-state index contributed by atoms with van der Waals surface area (Å²) in [6, 6.07) is 11.8. The second-order valence-electron chi connectivity index (χ2n) is 4.50. The molecule has 2 aromatic carbocycles. The maximum atomic E-state index is 10.6. The van der Waals surface area contributed by atoms with Crippen molar-refractivity contribution in [2.45, 2.75) is 20.3 Å². The molecule has 0 atom stereocenters. The van der Waals surface area contributed by atoms with Crippen molar-refractivity contribution in [1.82, 2.24) is 0 Å². The molecule has 0 saturated carbocycles. The van der Waals surface area contributed by atoms with E-state index in [-0.39, 0.29) is 23.0 Å². The molecule has 8 heteroatoms. The summed E-state index contributed by atoms with van der Waals surface area (Å²) in [5.74, 6) is -0.164. The SMILES string of the molecule is CCC.O=C(O)Oc1ccccc1OOc1ccccc1OC(=O)O. The maximum Gasteiger partial charge on any atom is 0.511 e. The minimum Gasteiger partial charge on any atom is -0.449 e. The molecule has 0 heterocycles. The van der Waals surface area contributed by atoms with Crippen LogP contribution in [0, 0.1) is 0 Å². The van der Waals surface area contributed by atoms with Gasteiger partial charge in [-0.3, -0.25) is 9.78 Å². The van der Waals surface area contributed by atoms with E-state index in [0.29, 0.717) is 0 Å². The Bertz CT molecular complexity index is 639. The van der Waals surface area contributed by atoms with Gasteiger partial charge in [0.05, 0.1) is 0 Å². The fourth-order valence-corrected chi connectivity index (χ4v) is 1.48. The van der Waals surface area contributed by atoms with E-state index < -0.39 is 12.3 Å². The molecule has 25 heavy (non-hydrogen) atoms. The minimum absolute atomic E-state index is 0.00460. The van der Waals surface area contributed by atoms with E-state index in [0.717, 1.165) is 0 Å². The van der Waals surface area contributed by atoms with Crippen molar-refractivity contribution < 1.29 is 39.1 Å². The van der Waals surface area contributed by atoms with Gasteiger partial charge in [0.2, 0.25) is 11.5 Å². The minimum atomic E-state index is -1.51. The zero-order chi connectivity index (χ0) is 18.7. The molecule has 0 bridgehead atoms. The number of rotatable bonds is 5. The topological polar surface area (TPSA) is 112 Å². The Balaban J connectivity index is 0.000000970. The summed E-state index contributed by atoms with van der Waals surface area (Å²) in [6.07, 6.45) is -1.77. The van der Waals surface area contributed by atoms with Crippen LogP contribution in [-0.4, -0.2) is 22.5 Å². The van der Waals surface area contributed by atoms with Crippen LogP contribution in [-0.2, 0) is 0 Å². The fraction of sp³-hybridized carbons (Fsp3) is 0.176. The van der Waals surface area contributed by atoms with Crippen LogP contribution in [0.1, 0.15) is 20.3 Å². The summed E-state index contributed by atoms with van der Waals surface area (Å²) in [5.41, 5.74) is 0. The highest BCUT2D eigenvalue weighted by Crippen LogP contribution is 2.30. The molecule has 2 aromatic rings. The van der Waals surface area contributed by atoms with E-state index in [1.54, 1.807) is 24.3 Å². The first-order valence-corrected chi connectivity index (χ1v) is 7.32. The first-order chi connectivity index (χ1) is 12.0. The molecular weight excluding hydrogens is 332 g/mol. The summed E-state index contributed by atoms with van der Waals surface area (Å²) in [5, 5.41) is 17.2. The zero-order valence-corrected chi connectivity index (χ0v) is 13.7. The van der Waals surface area contributed by atoms with Crippen LogP contribution in [0.25, 0.3) is 0 Å². The predicted octanol–water partition coefficient (Wildman–Crippen LogP) is 4.59. The molecule has 0 unspecified atom stereocenters. The van der Waals surface area contributed by atoms with E-state index in [4.69, 9.17) is 20.0 Å². The molecule has 0 saturated heterocycles. The summed E-state index contributed by atoms with van der Waals surface area (Å²) in [7, 11) is 0. The third-order valence-electron chi connectivity index (χ3n) is 2.31. The summed E-state index contributed by atoms with van der Waals surface area (Å²) >= 11 is 0. The maximum absolute atomic E-state index is 10.6. The van der Waals surface area contributed by atoms with Crippen molar-refractivity contribution in [3.05, 3.63) is 48.5 Å². The van der Waals surface area contributed by atoms with Crippen LogP contribution in [0.4, 0.5) is 9.59 Å². The monoisotopic (exact) mass is 350 g/mol. The van der Waals surface area contributed by atoms with Gasteiger partial charge < -0.3 is 19.7 Å². The third kappa shape index (κ3) is 7.12. The molecule has 0 aliphatic heterocycles. The lowest BCUT2D eigenvalue weighted by atomic mass is 10.3. The lowest BCUT2D eigenvalue weighted by Crippen LogP contribution is -2.09. The third-order valence-corrected chi connectivity index (χ3v) is 2.31. The molecule has 0 amide bonds. The smallest absolute Gasteiger partial charge is 0.449 e. The van der Waals surface area contributed by atoms with Gasteiger partial charge in [0.15, 0.2) is 11.5 Å². The van der Waals surface area contributed by atoms with Crippen LogP contribution >= 0.6 is 0 Å². The first-order valence-electron chi connectivity index (χ1n) is 7.32. The average molecular weight is 350 g/mol. The highest BCUT2D eigenvalue weighted by atomic mass is 17.2. The summed E-state index contributed by atoms with van der Waals surface area (Å²) in [4.78, 5) is 31.1. The van der Waals surface area contributed by atoms with Crippen molar-refractivity contribution in [3.8, 4) is 23.0 Å².